The van der Waals surface area contributed by atoms with Crippen LogP contribution in [0.5, 0.6) is 0 Å². The number of hydrogen-bond acceptors (Lipinski definition) is 6. The zero-order valence-corrected chi connectivity index (χ0v) is 9.78. The minimum Gasteiger partial charge on any atom is -0.462 e. The molecule has 0 spiro atoms. The van der Waals surface area contributed by atoms with Gasteiger partial charge in [0, 0.05) is 13.8 Å². The van der Waals surface area contributed by atoms with E-state index >= 15 is 0 Å². The van der Waals surface area contributed by atoms with E-state index in [0.717, 1.165) is 6.92 Å². The number of urea groups is 2. The van der Waals surface area contributed by atoms with Crippen LogP contribution < -0.4 is 0 Å². The Morgan fingerprint density at radius 1 is 1.17 bits per heavy atom. The van der Waals surface area contributed by atoms with Crippen molar-refractivity contribution in [2.45, 2.75) is 20.0 Å². The second-order valence-corrected chi connectivity index (χ2v) is 3.41. The summed E-state index contributed by atoms with van der Waals surface area (Å²) in [5.41, 5.74) is 0. The van der Waals surface area contributed by atoms with Gasteiger partial charge in [-0.25, -0.2) is 14.5 Å². The molecule has 4 amide bonds. The molecule has 18 heavy (non-hydrogen) atoms. The van der Waals surface area contributed by atoms with Crippen LogP contribution in [-0.4, -0.2) is 48.2 Å². The van der Waals surface area contributed by atoms with Crippen molar-refractivity contribution in [3.05, 3.63) is 0 Å². The van der Waals surface area contributed by atoms with Gasteiger partial charge in [0.15, 0.2) is 6.10 Å². The Bertz CT molecular complexity index is 401. The van der Waals surface area contributed by atoms with Gasteiger partial charge < -0.3 is 9.47 Å². The number of nitrogens with zero attached hydrogens (tertiary/aromatic N) is 3. The monoisotopic (exact) mass is 257 g/mol. The molecule has 0 aromatic heterocycles. The van der Waals surface area contributed by atoms with Crippen molar-refractivity contribution in [1.82, 2.24) is 4.90 Å². The van der Waals surface area contributed by atoms with Gasteiger partial charge in [-0.05, 0) is 0 Å². The minimum absolute atomic E-state index is 0.258. The quantitative estimate of drug-likeness (QED) is 0.662. The van der Waals surface area contributed by atoms with Gasteiger partial charge in [0.25, 0.3) is 0 Å². The standard InChI is InChI=1S/C9H11N3O6/c1-5(13)17-4-7(18-6(2)14)3-12-8(15)10-11-9(12)16/h7H,3-4H2,1-2H3. The molecule has 0 saturated heterocycles. The topological polar surface area (TPSA) is 115 Å². The Hall–Kier alpha value is -2.32. The average molecular weight is 257 g/mol. The highest BCUT2D eigenvalue weighted by molar-refractivity contribution is 5.98. The summed E-state index contributed by atoms with van der Waals surface area (Å²) >= 11 is 0. The van der Waals surface area contributed by atoms with Crippen LogP contribution in [0.3, 0.4) is 0 Å². The molecule has 1 atom stereocenters. The summed E-state index contributed by atoms with van der Waals surface area (Å²) in [5.74, 6) is -1.19. The van der Waals surface area contributed by atoms with Gasteiger partial charge in [0.1, 0.15) is 6.61 Å². The van der Waals surface area contributed by atoms with Crippen molar-refractivity contribution in [2.24, 2.45) is 10.2 Å². The van der Waals surface area contributed by atoms with Crippen molar-refractivity contribution < 1.29 is 28.7 Å². The predicted octanol–water partition coefficient (Wildman–Crippen LogP) is 0.489. The minimum atomic E-state index is -0.942. The zero-order valence-electron chi connectivity index (χ0n) is 9.78. The number of azo groups is 1. The molecule has 0 N–H and O–H groups in total. The molecule has 0 aromatic carbocycles. The van der Waals surface area contributed by atoms with Crippen molar-refractivity contribution in [3.63, 3.8) is 0 Å². The van der Waals surface area contributed by atoms with Gasteiger partial charge >= 0.3 is 24.0 Å². The maximum absolute atomic E-state index is 11.1. The van der Waals surface area contributed by atoms with E-state index in [2.05, 4.69) is 15.0 Å². The lowest BCUT2D eigenvalue weighted by Gasteiger charge is -2.20. The number of ether oxygens (including phenoxy) is 2. The van der Waals surface area contributed by atoms with E-state index in [1.807, 2.05) is 0 Å². The molecule has 0 fully saturated rings. The number of imide groups is 1. The molecule has 9 heteroatoms. The first-order valence-electron chi connectivity index (χ1n) is 4.98. The van der Waals surface area contributed by atoms with Crippen molar-refractivity contribution in [1.29, 1.82) is 0 Å². The molecule has 98 valence electrons. The van der Waals surface area contributed by atoms with E-state index in [1.54, 1.807) is 0 Å². The largest absolute Gasteiger partial charge is 0.462 e. The third kappa shape index (κ3) is 3.92. The van der Waals surface area contributed by atoms with Crippen LogP contribution in [0.1, 0.15) is 13.8 Å². The Morgan fingerprint density at radius 3 is 2.17 bits per heavy atom. The Labute approximate surface area is 102 Å². The molecule has 0 radical (unpaired) electrons. The van der Waals surface area contributed by atoms with E-state index in [9.17, 15) is 19.2 Å². The fourth-order valence-corrected chi connectivity index (χ4v) is 1.20. The van der Waals surface area contributed by atoms with E-state index < -0.39 is 30.1 Å². The van der Waals surface area contributed by atoms with Crippen molar-refractivity contribution >= 4 is 24.0 Å². The molecule has 0 aliphatic carbocycles. The number of carbonyl (C=O) groups excluding carboxylic acids is 4. The maximum Gasteiger partial charge on any atom is 0.370 e. The lowest BCUT2D eigenvalue weighted by molar-refractivity contribution is -0.156. The predicted molar refractivity (Wildman–Crippen MR) is 54.5 cm³/mol. The van der Waals surface area contributed by atoms with Gasteiger partial charge in [0.2, 0.25) is 0 Å². The summed E-state index contributed by atoms with van der Waals surface area (Å²) in [6.45, 7) is 1.81. The first-order chi connectivity index (χ1) is 8.40. The first-order valence-corrected chi connectivity index (χ1v) is 4.98. The lowest BCUT2D eigenvalue weighted by atomic mass is 10.3. The van der Waals surface area contributed by atoms with Crippen LogP contribution in [0.2, 0.25) is 0 Å². The molecular formula is C9H11N3O6. The van der Waals surface area contributed by atoms with Gasteiger partial charge in [-0.1, -0.05) is 10.2 Å². The van der Waals surface area contributed by atoms with E-state index in [1.165, 1.54) is 6.92 Å². The van der Waals surface area contributed by atoms with Gasteiger partial charge in [-0.3, -0.25) is 9.59 Å². The summed E-state index contributed by atoms with van der Waals surface area (Å²) in [6.07, 6.45) is -0.942. The molecule has 0 saturated carbocycles. The smallest absolute Gasteiger partial charge is 0.370 e. The Kier molecular flexibility index (Phi) is 4.46. The summed E-state index contributed by atoms with van der Waals surface area (Å²) in [6, 6.07) is -1.69. The van der Waals surface area contributed by atoms with Crippen LogP contribution in [-0.2, 0) is 19.1 Å². The molecular weight excluding hydrogens is 246 g/mol. The molecule has 1 rings (SSSR count). The summed E-state index contributed by atoms with van der Waals surface area (Å²) < 4.78 is 9.47. The van der Waals surface area contributed by atoms with Crippen LogP contribution >= 0.6 is 0 Å². The lowest BCUT2D eigenvalue weighted by Crippen LogP contribution is -2.40. The van der Waals surface area contributed by atoms with E-state index in [4.69, 9.17) is 4.74 Å². The normalized spacial score (nSPS) is 15.8. The third-order valence-corrected chi connectivity index (χ3v) is 1.87. The number of rotatable bonds is 5. The number of hydrogen-bond donors (Lipinski definition) is 0. The number of amides is 4. The van der Waals surface area contributed by atoms with Crippen molar-refractivity contribution in [3.8, 4) is 0 Å². The fraction of sp³-hybridized carbons (Fsp3) is 0.556. The first kappa shape index (κ1) is 13.7. The van der Waals surface area contributed by atoms with Crippen LogP contribution in [0.4, 0.5) is 9.59 Å². The number of carbonyl (C=O) groups is 4. The van der Waals surface area contributed by atoms with Crippen LogP contribution in [0.15, 0.2) is 10.2 Å². The molecule has 9 nitrogen and oxygen atoms in total. The highest BCUT2D eigenvalue weighted by Crippen LogP contribution is 2.10. The fourth-order valence-electron chi connectivity index (χ4n) is 1.20. The van der Waals surface area contributed by atoms with Crippen molar-refractivity contribution in [2.75, 3.05) is 13.2 Å². The second-order valence-electron chi connectivity index (χ2n) is 3.41. The van der Waals surface area contributed by atoms with E-state index in [0.29, 0.717) is 4.90 Å². The molecule has 0 aromatic rings. The Morgan fingerprint density at radius 2 is 1.72 bits per heavy atom. The maximum atomic E-state index is 11.1. The molecule has 1 aliphatic heterocycles. The number of esters is 2. The summed E-state index contributed by atoms with van der Waals surface area (Å²) in [7, 11) is 0. The molecule has 1 aliphatic rings. The van der Waals surface area contributed by atoms with Crippen LogP contribution in [0.25, 0.3) is 0 Å². The van der Waals surface area contributed by atoms with Gasteiger partial charge in [-0.2, -0.15) is 0 Å². The highest BCUT2D eigenvalue weighted by Gasteiger charge is 2.31. The van der Waals surface area contributed by atoms with Gasteiger partial charge in [-0.15, -0.1) is 0 Å². The van der Waals surface area contributed by atoms with Gasteiger partial charge in [0.05, 0.1) is 6.54 Å². The average Bonchev–Trinajstić information content (AvgIpc) is 2.56. The molecule has 1 heterocycles. The Balaban J connectivity index is 2.60. The van der Waals surface area contributed by atoms with Crippen LogP contribution in [0, 0.1) is 0 Å². The summed E-state index contributed by atoms with van der Waals surface area (Å²) in [5, 5.41) is 6.08. The SMILES string of the molecule is CC(=O)OCC(CN1C(=O)N=NC1=O)OC(C)=O. The third-order valence-electron chi connectivity index (χ3n) is 1.87. The van der Waals surface area contributed by atoms with E-state index in [-0.39, 0.29) is 13.2 Å². The molecule has 1 unspecified atom stereocenters. The second kappa shape index (κ2) is 5.84. The molecule has 0 bridgehead atoms. The zero-order chi connectivity index (χ0) is 13.7. The highest BCUT2D eigenvalue weighted by atomic mass is 16.6. The summed E-state index contributed by atoms with van der Waals surface area (Å²) in [4.78, 5) is 44.5.